The molecule has 0 unspecified atom stereocenters. The Balaban J connectivity index is 1.80. The minimum atomic E-state index is 0.175. The molecule has 0 atom stereocenters. The first-order chi connectivity index (χ1) is 7.74. The molecule has 0 aromatic carbocycles. The Morgan fingerprint density at radius 1 is 1.38 bits per heavy atom. The van der Waals surface area contributed by atoms with Crippen molar-refractivity contribution in [1.29, 1.82) is 0 Å². The number of hydrogen-bond acceptors (Lipinski definition) is 3. The summed E-state index contributed by atoms with van der Waals surface area (Å²) < 4.78 is 0. The number of nitrogens with zero attached hydrogens (tertiary/aromatic N) is 1. The van der Waals surface area contributed by atoms with Crippen molar-refractivity contribution in [2.45, 2.75) is 26.2 Å². The monoisotopic (exact) mass is 225 g/mol. The first kappa shape index (κ1) is 11.9. The van der Waals surface area contributed by atoms with Crippen LogP contribution >= 0.6 is 0 Å². The molecule has 0 bridgehead atoms. The van der Waals surface area contributed by atoms with Gasteiger partial charge >= 0.3 is 0 Å². The van der Waals surface area contributed by atoms with Crippen molar-refractivity contribution >= 4 is 5.91 Å². The summed E-state index contributed by atoms with van der Waals surface area (Å²) in [6.45, 7) is 7.80. The number of likely N-dealkylation sites (N-methyl/N-ethyl adjacent to an activating group) is 1. The highest BCUT2D eigenvalue weighted by molar-refractivity contribution is 5.77. The van der Waals surface area contributed by atoms with Crippen LogP contribution in [0.1, 0.15) is 26.2 Å². The van der Waals surface area contributed by atoms with Gasteiger partial charge in [0.2, 0.25) is 5.91 Å². The molecule has 92 valence electrons. The maximum Gasteiger partial charge on any atom is 0.234 e. The molecule has 0 saturated carbocycles. The molecule has 2 aliphatic rings. The second-order valence-corrected chi connectivity index (χ2v) is 5.16. The van der Waals surface area contributed by atoms with E-state index in [0.717, 1.165) is 32.7 Å². The lowest BCUT2D eigenvalue weighted by Gasteiger charge is -2.33. The maximum atomic E-state index is 11.5. The quantitative estimate of drug-likeness (QED) is 0.721. The van der Waals surface area contributed by atoms with Crippen LogP contribution in [0.5, 0.6) is 0 Å². The predicted octanol–water partition coefficient (Wildman–Crippen LogP) is 0.198. The molecular weight excluding hydrogens is 202 g/mol. The molecule has 2 saturated heterocycles. The SMILES string of the molecule is CCNC(=O)CN1CCC2(CCNCC2)C1. The minimum Gasteiger partial charge on any atom is -0.355 e. The smallest absolute Gasteiger partial charge is 0.234 e. The first-order valence-corrected chi connectivity index (χ1v) is 6.44. The van der Waals surface area contributed by atoms with Crippen molar-refractivity contribution < 1.29 is 4.79 Å². The molecule has 0 aromatic heterocycles. The average molecular weight is 225 g/mol. The zero-order chi connectivity index (χ0) is 11.4. The standard InChI is InChI=1S/C12H23N3O/c1-2-14-11(16)9-15-8-5-12(10-15)3-6-13-7-4-12/h13H,2-10H2,1H3,(H,14,16). The van der Waals surface area contributed by atoms with Crippen molar-refractivity contribution in [3.8, 4) is 0 Å². The van der Waals surface area contributed by atoms with E-state index in [4.69, 9.17) is 0 Å². The summed E-state index contributed by atoms with van der Waals surface area (Å²) in [5.41, 5.74) is 0.512. The highest BCUT2D eigenvalue weighted by Crippen LogP contribution is 2.38. The summed E-state index contributed by atoms with van der Waals surface area (Å²) in [4.78, 5) is 13.8. The third kappa shape index (κ3) is 2.74. The van der Waals surface area contributed by atoms with Gasteiger partial charge in [0, 0.05) is 13.1 Å². The molecular formula is C12H23N3O. The molecule has 4 nitrogen and oxygen atoms in total. The van der Waals surface area contributed by atoms with E-state index in [1.807, 2.05) is 6.92 Å². The fraction of sp³-hybridized carbons (Fsp3) is 0.917. The van der Waals surface area contributed by atoms with E-state index in [0.29, 0.717) is 12.0 Å². The van der Waals surface area contributed by atoms with Gasteiger partial charge in [0.05, 0.1) is 6.54 Å². The second kappa shape index (κ2) is 5.15. The van der Waals surface area contributed by atoms with Gasteiger partial charge in [0.1, 0.15) is 0 Å². The van der Waals surface area contributed by atoms with Crippen LogP contribution in [-0.4, -0.2) is 50.1 Å². The minimum absolute atomic E-state index is 0.175. The lowest BCUT2D eigenvalue weighted by Crippen LogP contribution is -2.41. The van der Waals surface area contributed by atoms with Gasteiger partial charge in [-0.05, 0) is 51.2 Å². The van der Waals surface area contributed by atoms with Crippen molar-refractivity contribution in [1.82, 2.24) is 15.5 Å². The van der Waals surface area contributed by atoms with Gasteiger partial charge in [-0.15, -0.1) is 0 Å². The van der Waals surface area contributed by atoms with Crippen LogP contribution in [-0.2, 0) is 4.79 Å². The Morgan fingerprint density at radius 3 is 2.81 bits per heavy atom. The second-order valence-electron chi connectivity index (χ2n) is 5.16. The lowest BCUT2D eigenvalue weighted by atomic mass is 9.78. The van der Waals surface area contributed by atoms with Crippen LogP contribution in [0.15, 0.2) is 0 Å². The van der Waals surface area contributed by atoms with Gasteiger partial charge in [0.25, 0.3) is 0 Å². The van der Waals surface area contributed by atoms with Crippen LogP contribution < -0.4 is 10.6 Å². The van der Waals surface area contributed by atoms with E-state index >= 15 is 0 Å². The third-order valence-electron chi connectivity index (χ3n) is 3.92. The highest BCUT2D eigenvalue weighted by Gasteiger charge is 2.38. The van der Waals surface area contributed by atoms with Gasteiger partial charge in [-0.25, -0.2) is 0 Å². The number of nitrogens with one attached hydrogen (secondary N) is 2. The summed E-state index contributed by atoms with van der Waals surface area (Å²) in [6.07, 6.45) is 3.83. The Morgan fingerprint density at radius 2 is 2.12 bits per heavy atom. The predicted molar refractivity (Wildman–Crippen MR) is 64.3 cm³/mol. The Kier molecular flexibility index (Phi) is 3.82. The molecule has 2 N–H and O–H groups in total. The molecule has 0 radical (unpaired) electrons. The molecule has 0 aromatic rings. The Bertz CT molecular complexity index is 249. The number of likely N-dealkylation sites (tertiary alicyclic amines) is 1. The molecule has 2 heterocycles. The number of rotatable bonds is 3. The van der Waals surface area contributed by atoms with Crippen molar-refractivity contribution in [3.05, 3.63) is 0 Å². The highest BCUT2D eigenvalue weighted by atomic mass is 16.2. The lowest BCUT2D eigenvalue weighted by molar-refractivity contribution is -0.122. The van der Waals surface area contributed by atoms with Gasteiger partial charge in [-0.3, -0.25) is 9.69 Å². The molecule has 2 fully saturated rings. The molecule has 1 spiro atoms. The van der Waals surface area contributed by atoms with Crippen LogP contribution in [0.2, 0.25) is 0 Å². The normalized spacial score (nSPS) is 24.8. The number of hydrogen-bond donors (Lipinski definition) is 2. The number of piperidine rings is 1. The number of amides is 1. The van der Waals surface area contributed by atoms with E-state index in [1.54, 1.807) is 0 Å². The fourth-order valence-corrected chi connectivity index (χ4v) is 2.98. The zero-order valence-electron chi connectivity index (χ0n) is 10.2. The van der Waals surface area contributed by atoms with Gasteiger partial charge in [0.15, 0.2) is 0 Å². The summed E-state index contributed by atoms with van der Waals surface area (Å²) in [5.74, 6) is 0.175. The van der Waals surface area contributed by atoms with E-state index in [9.17, 15) is 4.79 Å². The largest absolute Gasteiger partial charge is 0.355 e. The molecule has 2 aliphatic heterocycles. The fourth-order valence-electron chi connectivity index (χ4n) is 2.98. The van der Waals surface area contributed by atoms with Crippen LogP contribution in [0.4, 0.5) is 0 Å². The van der Waals surface area contributed by atoms with Crippen LogP contribution in [0.25, 0.3) is 0 Å². The zero-order valence-corrected chi connectivity index (χ0v) is 10.2. The molecule has 0 aliphatic carbocycles. The van der Waals surface area contributed by atoms with Gasteiger partial charge in [-0.2, -0.15) is 0 Å². The first-order valence-electron chi connectivity index (χ1n) is 6.44. The summed E-state index contributed by atoms with van der Waals surface area (Å²) in [7, 11) is 0. The van der Waals surface area contributed by atoms with E-state index in [1.165, 1.54) is 19.3 Å². The molecule has 2 rings (SSSR count). The van der Waals surface area contributed by atoms with E-state index < -0.39 is 0 Å². The van der Waals surface area contributed by atoms with Crippen LogP contribution in [0, 0.1) is 5.41 Å². The topological polar surface area (TPSA) is 44.4 Å². The molecule has 16 heavy (non-hydrogen) atoms. The Hall–Kier alpha value is -0.610. The maximum absolute atomic E-state index is 11.5. The van der Waals surface area contributed by atoms with Crippen molar-refractivity contribution in [3.63, 3.8) is 0 Å². The van der Waals surface area contributed by atoms with Crippen LogP contribution in [0.3, 0.4) is 0 Å². The van der Waals surface area contributed by atoms with E-state index in [-0.39, 0.29) is 5.91 Å². The van der Waals surface area contributed by atoms with Gasteiger partial charge in [-0.1, -0.05) is 0 Å². The molecule has 4 heteroatoms. The van der Waals surface area contributed by atoms with Crippen molar-refractivity contribution in [2.75, 3.05) is 39.3 Å². The summed E-state index contributed by atoms with van der Waals surface area (Å²) in [6, 6.07) is 0. The number of carbonyl (C=O) groups is 1. The number of carbonyl (C=O) groups excluding carboxylic acids is 1. The average Bonchev–Trinajstić information content (AvgIpc) is 2.63. The molecule has 1 amide bonds. The van der Waals surface area contributed by atoms with Crippen molar-refractivity contribution in [2.24, 2.45) is 5.41 Å². The third-order valence-corrected chi connectivity index (χ3v) is 3.92. The van der Waals surface area contributed by atoms with Gasteiger partial charge < -0.3 is 10.6 Å². The summed E-state index contributed by atoms with van der Waals surface area (Å²) in [5, 5.41) is 6.28. The summed E-state index contributed by atoms with van der Waals surface area (Å²) >= 11 is 0. The Labute approximate surface area is 97.8 Å². The van der Waals surface area contributed by atoms with E-state index in [2.05, 4.69) is 15.5 Å².